The highest BCUT2D eigenvalue weighted by Gasteiger charge is 2.17. The lowest BCUT2D eigenvalue weighted by molar-refractivity contribution is 0.504. The van der Waals surface area contributed by atoms with Crippen molar-refractivity contribution in [3.05, 3.63) is 23.9 Å². The van der Waals surface area contributed by atoms with Crippen LogP contribution in [0.1, 0.15) is 19.8 Å². The normalized spacial score (nSPS) is 21.6. The molecule has 0 amide bonds. The number of hydrogen-bond acceptors (Lipinski definition) is 2. The Labute approximate surface area is 73.3 Å². The third-order valence-electron chi connectivity index (χ3n) is 2.32. The summed E-state index contributed by atoms with van der Waals surface area (Å²) >= 11 is 0. The van der Waals surface area contributed by atoms with Gasteiger partial charge in [0.2, 0.25) is 0 Å². The topological polar surface area (TPSA) is 15.6 Å². The molecule has 0 unspecified atom stereocenters. The summed E-state index contributed by atoms with van der Waals surface area (Å²) in [4.78, 5) is 6.78. The quantitative estimate of drug-likeness (QED) is 0.575. The molecule has 2 nitrogen and oxygen atoms in total. The lowest BCUT2D eigenvalue weighted by Crippen LogP contribution is -2.33. The number of rotatable bonds is 1. The molecule has 2 heterocycles. The third kappa shape index (κ3) is 1.17. The standard InChI is InChI=1S/C10H14N2/c1-2-9-5-3-7-12-8-4-6-11-10(9)12/h3,5,7H,2,4,6,8H2,1H3. The van der Waals surface area contributed by atoms with Gasteiger partial charge in [-0.3, -0.25) is 4.99 Å². The molecular formula is C10H14N2. The monoisotopic (exact) mass is 162 g/mol. The van der Waals surface area contributed by atoms with Crippen LogP contribution in [0.25, 0.3) is 0 Å². The Morgan fingerprint density at radius 1 is 1.58 bits per heavy atom. The van der Waals surface area contributed by atoms with Gasteiger partial charge in [0.05, 0.1) is 0 Å². The molecular weight excluding hydrogens is 148 g/mol. The lowest BCUT2D eigenvalue weighted by Gasteiger charge is -2.29. The minimum Gasteiger partial charge on any atom is -0.333 e. The summed E-state index contributed by atoms with van der Waals surface area (Å²) < 4.78 is 0. The summed E-state index contributed by atoms with van der Waals surface area (Å²) in [6.07, 6.45) is 8.67. The number of nitrogens with zero attached hydrogens (tertiary/aromatic N) is 2. The molecule has 2 aliphatic rings. The van der Waals surface area contributed by atoms with Gasteiger partial charge in [-0.05, 0) is 24.5 Å². The van der Waals surface area contributed by atoms with Gasteiger partial charge >= 0.3 is 0 Å². The van der Waals surface area contributed by atoms with Crippen molar-refractivity contribution in [2.75, 3.05) is 13.1 Å². The molecule has 0 N–H and O–H groups in total. The van der Waals surface area contributed by atoms with E-state index in [4.69, 9.17) is 0 Å². The molecule has 0 spiro atoms. The summed E-state index contributed by atoms with van der Waals surface area (Å²) in [5.74, 6) is 1.20. The third-order valence-corrected chi connectivity index (χ3v) is 2.32. The van der Waals surface area contributed by atoms with Gasteiger partial charge in [0.15, 0.2) is 0 Å². The molecule has 0 bridgehead atoms. The maximum atomic E-state index is 4.53. The number of fused-ring (bicyclic) bond motifs is 1. The van der Waals surface area contributed by atoms with Crippen molar-refractivity contribution in [3.63, 3.8) is 0 Å². The molecule has 64 valence electrons. The Morgan fingerprint density at radius 3 is 3.33 bits per heavy atom. The zero-order valence-electron chi connectivity index (χ0n) is 7.45. The van der Waals surface area contributed by atoms with E-state index in [-0.39, 0.29) is 0 Å². The zero-order chi connectivity index (χ0) is 8.39. The van der Waals surface area contributed by atoms with Gasteiger partial charge in [-0.15, -0.1) is 0 Å². The van der Waals surface area contributed by atoms with E-state index in [2.05, 4.69) is 35.2 Å². The predicted octanol–water partition coefficient (Wildman–Crippen LogP) is 1.95. The summed E-state index contributed by atoms with van der Waals surface area (Å²) in [5, 5.41) is 0. The van der Waals surface area contributed by atoms with Crippen molar-refractivity contribution in [2.24, 2.45) is 4.99 Å². The van der Waals surface area contributed by atoms with Crippen LogP contribution >= 0.6 is 0 Å². The molecule has 0 saturated carbocycles. The minimum atomic E-state index is 0.997. The average Bonchev–Trinajstić information content (AvgIpc) is 2.17. The second-order valence-electron chi connectivity index (χ2n) is 3.14. The molecule has 0 aromatic heterocycles. The predicted molar refractivity (Wildman–Crippen MR) is 51.1 cm³/mol. The van der Waals surface area contributed by atoms with Gasteiger partial charge in [0.1, 0.15) is 5.84 Å². The maximum absolute atomic E-state index is 4.53. The van der Waals surface area contributed by atoms with E-state index in [0.29, 0.717) is 0 Å². The van der Waals surface area contributed by atoms with Crippen LogP contribution in [0.5, 0.6) is 0 Å². The number of aliphatic imine (C=N–C) groups is 1. The van der Waals surface area contributed by atoms with Crippen LogP contribution in [0.4, 0.5) is 0 Å². The van der Waals surface area contributed by atoms with Crippen molar-refractivity contribution in [3.8, 4) is 0 Å². The molecule has 0 saturated heterocycles. The minimum absolute atomic E-state index is 0.997. The fraction of sp³-hybridized carbons (Fsp3) is 0.500. The number of amidine groups is 1. The first kappa shape index (κ1) is 7.59. The first-order chi connectivity index (χ1) is 5.92. The van der Waals surface area contributed by atoms with E-state index in [1.54, 1.807) is 0 Å². The van der Waals surface area contributed by atoms with Crippen LogP contribution in [-0.2, 0) is 0 Å². The Balaban J connectivity index is 2.30. The number of hydrogen-bond donors (Lipinski definition) is 0. The van der Waals surface area contributed by atoms with Crippen molar-refractivity contribution in [2.45, 2.75) is 19.8 Å². The molecule has 12 heavy (non-hydrogen) atoms. The Bertz CT molecular complexity index is 261. The van der Waals surface area contributed by atoms with E-state index in [1.165, 1.54) is 17.8 Å². The highest BCUT2D eigenvalue weighted by atomic mass is 15.2. The van der Waals surface area contributed by atoms with Crippen LogP contribution in [0, 0.1) is 0 Å². The van der Waals surface area contributed by atoms with Crippen molar-refractivity contribution in [1.29, 1.82) is 0 Å². The summed E-state index contributed by atoms with van der Waals surface area (Å²) in [5.41, 5.74) is 1.37. The van der Waals surface area contributed by atoms with Crippen molar-refractivity contribution >= 4 is 5.84 Å². The van der Waals surface area contributed by atoms with Crippen LogP contribution in [0.3, 0.4) is 0 Å². The second kappa shape index (κ2) is 3.13. The molecule has 0 atom stereocenters. The van der Waals surface area contributed by atoms with Gasteiger partial charge in [0, 0.05) is 19.3 Å². The van der Waals surface area contributed by atoms with E-state index >= 15 is 0 Å². The van der Waals surface area contributed by atoms with Gasteiger partial charge < -0.3 is 4.90 Å². The molecule has 0 aromatic rings. The molecule has 2 heteroatoms. The van der Waals surface area contributed by atoms with Crippen LogP contribution in [0.2, 0.25) is 0 Å². The first-order valence-corrected chi connectivity index (χ1v) is 4.60. The van der Waals surface area contributed by atoms with Crippen molar-refractivity contribution < 1.29 is 0 Å². The smallest absolute Gasteiger partial charge is 0.130 e. The highest BCUT2D eigenvalue weighted by molar-refractivity contribution is 6.00. The molecule has 0 fully saturated rings. The highest BCUT2D eigenvalue weighted by Crippen LogP contribution is 2.17. The average molecular weight is 162 g/mol. The molecule has 0 aliphatic carbocycles. The van der Waals surface area contributed by atoms with Crippen molar-refractivity contribution in [1.82, 2.24) is 4.90 Å². The van der Waals surface area contributed by atoms with Gasteiger partial charge in [-0.2, -0.15) is 0 Å². The zero-order valence-corrected chi connectivity index (χ0v) is 7.45. The van der Waals surface area contributed by atoms with Crippen LogP contribution < -0.4 is 0 Å². The van der Waals surface area contributed by atoms with Gasteiger partial charge in [-0.25, -0.2) is 0 Å². The first-order valence-electron chi connectivity index (χ1n) is 4.60. The molecule has 0 radical (unpaired) electrons. The van der Waals surface area contributed by atoms with E-state index < -0.39 is 0 Å². The van der Waals surface area contributed by atoms with Crippen LogP contribution in [0.15, 0.2) is 28.9 Å². The maximum Gasteiger partial charge on any atom is 0.130 e. The fourth-order valence-corrected chi connectivity index (χ4v) is 1.67. The Hall–Kier alpha value is -1.05. The SMILES string of the molecule is CCC1=CC=CN2CCCN=C12. The fourth-order valence-electron chi connectivity index (χ4n) is 1.67. The summed E-state index contributed by atoms with van der Waals surface area (Å²) in [6.45, 7) is 4.31. The van der Waals surface area contributed by atoms with Gasteiger partial charge in [-0.1, -0.05) is 13.0 Å². The molecule has 0 aromatic carbocycles. The second-order valence-corrected chi connectivity index (χ2v) is 3.14. The van der Waals surface area contributed by atoms with E-state index in [1.807, 2.05) is 0 Å². The Kier molecular flexibility index (Phi) is 1.98. The largest absolute Gasteiger partial charge is 0.333 e. The number of allylic oxidation sites excluding steroid dienone is 2. The molecule has 2 rings (SSSR count). The van der Waals surface area contributed by atoms with Crippen LogP contribution in [-0.4, -0.2) is 23.8 Å². The summed E-state index contributed by atoms with van der Waals surface area (Å²) in [6, 6.07) is 0. The lowest BCUT2D eigenvalue weighted by atomic mass is 10.1. The van der Waals surface area contributed by atoms with E-state index in [0.717, 1.165) is 19.5 Å². The molecule has 2 aliphatic heterocycles. The van der Waals surface area contributed by atoms with Gasteiger partial charge in [0.25, 0.3) is 0 Å². The van der Waals surface area contributed by atoms with E-state index in [9.17, 15) is 0 Å². The Morgan fingerprint density at radius 2 is 2.50 bits per heavy atom. The summed E-state index contributed by atoms with van der Waals surface area (Å²) in [7, 11) is 0.